The number of nitrogens with zero attached hydrogens (tertiary/aromatic N) is 2. The fourth-order valence-electron chi connectivity index (χ4n) is 4.74. The monoisotopic (exact) mass is 462 g/mol. The molecule has 36 heavy (non-hydrogen) atoms. The minimum absolute atomic E-state index is 1.10. The van der Waals surface area contributed by atoms with E-state index in [1.165, 1.54) is 10.8 Å². The van der Waals surface area contributed by atoms with Gasteiger partial charge in [0.2, 0.25) is 0 Å². The number of rotatable bonds is 6. The third kappa shape index (κ3) is 4.21. The summed E-state index contributed by atoms with van der Waals surface area (Å²) in [5.41, 5.74) is 6.67. The fraction of sp³-hybridized carbons (Fsp3) is 0. The number of fused-ring (bicyclic) bond motifs is 1. The van der Waals surface area contributed by atoms with E-state index in [9.17, 15) is 0 Å². The van der Waals surface area contributed by atoms with Crippen LogP contribution in [-0.2, 0) is 0 Å². The Kier molecular flexibility index (Phi) is 5.91. The van der Waals surface area contributed by atoms with Gasteiger partial charge < -0.3 is 9.80 Å². The van der Waals surface area contributed by atoms with Gasteiger partial charge >= 0.3 is 0 Å². The van der Waals surface area contributed by atoms with E-state index >= 15 is 0 Å². The van der Waals surface area contributed by atoms with Crippen LogP contribution in [0.3, 0.4) is 0 Å². The largest absolute Gasteiger partial charge is 0.308 e. The second kappa shape index (κ2) is 9.81. The van der Waals surface area contributed by atoms with Gasteiger partial charge in [0.15, 0.2) is 0 Å². The molecule has 6 rings (SSSR count). The van der Waals surface area contributed by atoms with Crippen LogP contribution in [-0.4, -0.2) is 0 Å². The summed E-state index contributed by atoms with van der Waals surface area (Å²) < 4.78 is 0. The Morgan fingerprint density at radius 1 is 0.278 bits per heavy atom. The van der Waals surface area contributed by atoms with Crippen LogP contribution >= 0.6 is 0 Å². The minimum Gasteiger partial charge on any atom is -0.308 e. The van der Waals surface area contributed by atoms with Crippen molar-refractivity contribution in [3.63, 3.8) is 0 Å². The Balaban J connectivity index is 1.59. The van der Waals surface area contributed by atoms with Crippen molar-refractivity contribution in [3.05, 3.63) is 158 Å². The van der Waals surface area contributed by atoms with Crippen LogP contribution in [0.5, 0.6) is 0 Å². The fourth-order valence-corrected chi connectivity index (χ4v) is 4.74. The molecule has 0 N–H and O–H groups in total. The number of hydrogen-bond donors (Lipinski definition) is 0. The van der Waals surface area contributed by atoms with Gasteiger partial charge in [-0.05, 0) is 71.4 Å². The summed E-state index contributed by atoms with van der Waals surface area (Å²) >= 11 is 0. The topological polar surface area (TPSA) is 6.48 Å². The molecule has 6 aromatic rings. The van der Waals surface area contributed by atoms with Crippen LogP contribution < -0.4 is 9.80 Å². The summed E-state index contributed by atoms with van der Waals surface area (Å²) in [4.78, 5) is 4.67. The van der Waals surface area contributed by atoms with Gasteiger partial charge in [-0.2, -0.15) is 0 Å². The molecule has 0 bridgehead atoms. The first kappa shape index (κ1) is 21.7. The zero-order valence-electron chi connectivity index (χ0n) is 19.9. The highest BCUT2D eigenvalue weighted by Gasteiger charge is 2.21. The molecule has 0 unspecified atom stereocenters. The summed E-state index contributed by atoms with van der Waals surface area (Å²) in [5.74, 6) is 0. The molecule has 0 fully saturated rings. The quantitative estimate of drug-likeness (QED) is 0.243. The molecule has 2 nitrogen and oxygen atoms in total. The average Bonchev–Trinajstić information content (AvgIpc) is 2.96. The van der Waals surface area contributed by atoms with Gasteiger partial charge in [-0.15, -0.1) is 0 Å². The highest BCUT2D eigenvalue weighted by Crippen LogP contribution is 2.45. The predicted molar refractivity (Wildman–Crippen MR) is 153 cm³/mol. The van der Waals surface area contributed by atoms with Gasteiger partial charge in [0.25, 0.3) is 0 Å². The summed E-state index contributed by atoms with van der Waals surface area (Å²) in [5, 5.41) is 2.45. The summed E-state index contributed by atoms with van der Waals surface area (Å²) in [6, 6.07) is 55.5. The Labute approximate surface area is 212 Å². The van der Waals surface area contributed by atoms with E-state index in [0.717, 1.165) is 34.1 Å². The maximum atomic E-state index is 2.35. The van der Waals surface area contributed by atoms with Crippen LogP contribution in [0.25, 0.3) is 10.8 Å². The van der Waals surface area contributed by atoms with E-state index in [1.54, 1.807) is 0 Å². The molecule has 172 valence electrons. The van der Waals surface area contributed by atoms with E-state index in [2.05, 4.69) is 168 Å². The number of anilines is 6. The lowest BCUT2D eigenvalue weighted by atomic mass is 10.1. The van der Waals surface area contributed by atoms with Crippen LogP contribution in [0.15, 0.2) is 158 Å². The lowest BCUT2D eigenvalue weighted by Crippen LogP contribution is -2.16. The Morgan fingerprint density at radius 3 is 1.17 bits per heavy atom. The van der Waals surface area contributed by atoms with Crippen LogP contribution in [0.4, 0.5) is 34.1 Å². The van der Waals surface area contributed by atoms with Crippen LogP contribution in [0.1, 0.15) is 0 Å². The first-order valence-electron chi connectivity index (χ1n) is 12.2. The molecule has 0 atom stereocenters. The smallest absolute Gasteiger partial charge is 0.0702 e. The standard InChI is InChI=1S/C34H26N2/c1-4-16-29(17-5-1)35(30-18-6-2-7-19-30)33-22-12-13-23-34(33)36(31-20-8-3-9-21-31)32-25-24-27-14-10-11-15-28(27)26-32/h1-26H. The molecule has 0 aliphatic carbocycles. The molecular weight excluding hydrogens is 436 g/mol. The first-order chi connectivity index (χ1) is 17.9. The molecule has 0 radical (unpaired) electrons. The van der Waals surface area contributed by atoms with Gasteiger partial charge in [-0.25, -0.2) is 0 Å². The van der Waals surface area contributed by atoms with Crippen molar-refractivity contribution in [1.29, 1.82) is 0 Å². The number of para-hydroxylation sites is 5. The van der Waals surface area contributed by atoms with Gasteiger partial charge in [0.1, 0.15) is 0 Å². The van der Waals surface area contributed by atoms with Crippen LogP contribution in [0.2, 0.25) is 0 Å². The van der Waals surface area contributed by atoms with Crippen molar-refractivity contribution in [3.8, 4) is 0 Å². The lowest BCUT2D eigenvalue weighted by molar-refractivity contribution is 1.23. The molecule has 0 aromatic heterocycles. The molecule has 0 aliphatic heterocycles. The van der Waals surface area contributed by atoms with Gasteiger partial charge in [0.05, 0.1) is 11.4 Å². The molecule has 0 saturated heterocycles. The Hall–Kier alpha value is -4.82. The van der Waals surface area contributed by atoms with E-state index in [1.807, 2.05) is 0 Å². The number of hydrogen-bond acceptors (Lipinski definition) is 2. The highest BCUT2D eigenvalue weighted by molar-refractivity contribution is 5.94. The van der Waals surface area contributed by atoms with Gasteiger partial charge in [-0.3, -0.25) is 0 Å². The third-order valence-electron chi connectivity index (χ3n) is 6.40. The first-order valence-corrected chi connectivity index (χ1v) is 12.2. The molecule has 0 spiro atoms. The minimum atomic E-state index is 1.10. The average molecular weight is 463 g/mol. The second-order valence-corrected chi connectivity index (χ2v) is 8.70. The van der Waals surface area contributed by atoms with E-state index < -0.39 is 0 Å². The maximum absolute atomic E-state index is 2.35. The van der Waals surface area contributed by atoms with Gasteiger partial charge in [-0.1, -0.05) is 97.1 Å². The van der Waals surface area contributed by atoms with Crippen molar-refractivity contribution < 1.29 is 0 Å². The van der Waals surface area contributed by atoms with Crippen LogP contribution in [0, 0.1) is 0 Å². The SMILES string of the molecule is c1ccc(N(c2ccccc2)c2ccccc2N(c2ccccc2)c2ccc3ccccc3c2)cc1. The van der Waals surface area contributed by atoms with Crippen molar-refractivity contribution in [1.82, 2.24) is 0 Å². The second-order valence-electron chi connectivity index (χ2n) is 8.70. The zero-order chi connectivity index (χ0) is 24.2. The van der Waals surface area contributed by atoms with E-state index in [0.29, 0.717) is 0 Å². The van der Waals surface area contributed by atoms with Crippen molar-refractivity contribution in [2.75, 3.05) is 9.80 Å². The molecule has 6 aromatic carbocycles. The molecular formula is C34H26N2. The van der Waals surface area contributed by atoms with Gasteiger partial charge in [0, 0.05) is 22.7 Å². The summed E-state index contributed by atoms with van der Waals surface area (Å²) in [6.07, 6.45) is 0. The maximum Gasteiger partial charge on any atom is 0.0702 e. The van der Waals surface area contributed by atoms with E-state index in [4.69, 9.17) is 0 Å². The molecule has 0 aliphatic rings. The van der Waals surface area contributed by atoms with Crippen molar-refractivity contribution in [2.24, 2.45) is 0 Å². The zero-order valence-corrected chi connectivity index (χ0v) is 19.9. The van der Waals surface area contributed by atoms with Crippen molar-refractivity contribution in [2.45, 2.75) is 0 Å². The van der Waals surface area contributed by atoms with E-state index in [-0.39, 0.29) is 0 Å². The molecule has 0 heterocycles. The highest BCUT2D eigenvalue weighted by atomic mass is 15.2. The molecule has 0 amide bonds. The lowest BCUT2D eigenvalue weighted by Gasteiger charge is -2.33. The predicted octanol–water partition coefficient (Wildman–Crippen LogP) is 9.78. The molecule has 0 saturated carbocycles. The Bertz CT molecular complexity index is 1540. The summed E-state index contributed by atoms with van der Waals surface area (Å²) in [6.45, 7) is 0. The number of benzene rings is 6. The van der Waals surface area contributed by atoms with Crippen molar-refractivity contribution >= 4 is 44.9 Å². The summed E-state index contributed by atoms with van der Waals surface area (Å²) in [7, 11) is 0. The third-order valence-corrected chi connectivity index (χ3v) is 6.40. The molecule has 2 heteroatoms. The Morgan fingerprint density at radius 2 is 0.667 bits per heavy atom. The normalized spacial score (nSPS) is 10.8.